The Hall–Kier alpha value is -3.05. The maximum absolute atomic E-state index is 13.5. The first-order valence-electron chi connectivity index (χ1n) is 8.28. The molecule has 0 unspecified atom stereocenters. The molecule has 3 rings (SSSR count). The van der Waals surface area contributed by atoms with Crippen molar-refractivity contribution in [1.29, 1.82) is 0 Å². The number of hydrogen-bond donors (Lipinski definition) is 1. The maximum Gasteiger partial charge on any atom is 0.420 e. The number of nitrogens with zero attached hydrogens (tertiary/aromatic N) is 1. The van der Waals surface area contributed by atoms with Gasteiger partial charge >= 0.3 is 6.09 Å². The van der Waals surface area contributed by atoms with Crippen LogP contribution in [0.4, 0.5) is 20.6 Å². The van der Waals surface area contributed by atoms with E-state index in [4.69, 9.17) is 22.1 Å². The summed E-state index contributed by atoms with van der Waals surface area (Å²) in [5.74, 6) is -0.195. The lowest BCUT2D eigenvalue weighted by Crippen LogP contribution is -2.33. The second kappa shape index (κ2) is 8.10. The third-order valence-corrected chi connectivity index (χ3v) is 4.27. The standard InChI is InChI=1S/C21H18ClFN2O2/c1-14-2-4-15(5-3-14)13-25(17-8-11-20(23)19(22)12-17)21(26)27-18-9-6-16(24)7-10-18/h2-12H,13,24H2,1H3. The van der Waals surface area contributed by atoms with Crippen molar-refractivity contribution in [3.8, 4) is 5.75 Å². The monoisotopic (exact) mass is 384 g/mol. The molecule has 0 aliphatic rings. The number of carbonyl (C=O) groups is 1. The van der Waals surface area contributed by atoms with Crippen LogP contribution in [0.1, 0.15) is 11.1 Å². The van der Waals surface area contributed by atoms with Crippen LogP contribution >= 0.6 is 11.6 Å². The quantitative estimate of drug-likeness (QED) is 0.598. The Morgan fingerprint density at radius 3 is 2.37 bits per heavy atom. The summed E-state index contributed by atoms with van der Waals surface area (Å²) in [6.07, 6.45) is -0.608. The molecule has 0 aliphatic heterocycles. The number of halogens is 2. The van der Waals surface area contributed by atoms with Gasteiger partial charge in [-0.2, -0.15) is 0 Å². The third-order valence-electron chi connectivity index (χ3n) is 3.98. The van der Waals surface area contributed by atoms with Gasteiger partial charge < -0.3 is 10.5 Å². The van der Waals surface area contributed by atoms with Gasteiger partial charge in [-0.25, -0.2) is 9.18 Å². The molecule has 138 valence electrons. The van der Waals surface area contributed by atoms with Crippen LogP contribution in [-0.4, -0.2) is 6.09 Å². The number of anilines is 2. The average Bonchev–Trinajstić information content (AvgIpc) is 2.65. The summed E-state index contributed by atoms with van der Waals surface area (Å²) in [6, 6.07) is 18.3. The summed E-state index contributed by atoms with van der Waals surface area (Å²) in [6.45, 7) is 2.23. The molecule has 0 atom stereocenters. The van der Waals surface area contributed by atoms with Crippen LogP contribution in [0.5, 0.6) is 5.75 Å². The molecule has 0 spiro atoms. The molecule has 3 aromatic carbocycles. The van der Waals surface area contributed by atoms with E-state index in [0.29, 0.717) is 17.1 Å². The molecule has 2 N–H and O–H groups in total. The number of benzene rings is 3. The van der Waals surface area contributed by atoms with Crippen molar-refractivity contribution < 1.29 is 13.9 Å². The van der Waals surface area contributed by atoms with Gasteiger partial charge in [0.15, 0.2) is 0 Å². The molecule has 4 nitrogen and oxygen atoms in total. The minimum absolute atomic E-state index is 0.0679. The Balaban J connectivity index is 1.90. The summed E-state index contributed by atoms with van der Waals surface area (Å²) < 4.78 is 19.0. The normalized spacial score (nSPS) is 10.5. The Kier molecular flexibility index (Phi) is 5.62. The van der Waals surface area contributed by atoms with Crippen LogP contribution in [0.25, 0.3) is 0 Å². The molecule has 0 saturated carbocycles. The van der Waals surface area contributed by atoms with Crippen molar-refractivity contribution in [1.82, 2.24) is 0 Å². The van der Waals surface area contributed by atoms with Gasteiger partial charge in [0.05, 0.1) is 11.6 Å². The fourth-order valence-corrected chi connectivity index (χ4v) is 2.66. The van der Waals surface area contributed by atoms with E-state index in [1.165, 1.54) is 23.1 Å². The summed E-state index contributed by atoms with van der Waals surface area (Å²) in [5.41, 5.74) is 8.66. The number of aryl methyl sites for hydroxylation is 1. The van der Waals surface area contributed by atoms with Gasteiger partial charge in [0.25, 0.3) is 0 Å². The molecule has 0 fully saturated rings. The largest absolute Gasteiger partial charge is 0.420 e. The third kappa shape index (κ3) is 4.77. The minimum atomic E-state index is -0.608. The van der Waals surface area contributed by atoms with E-state index in [1.54, 1.807) is 24.3 Å². The van der Waals surface area contributed by atoms with Crippen molar-refractivity contribution >= 4 is 29.1 Å². The first kappa shape index (κ1) is 18.7. The summed E-state index contributed by atoms with van der Waals surface area (Å²) in [5, 5.41) is -0.0679. The van der Waals surface area contributed by atoms with Crippen molar-refractivity contribution in [2.45, 2.75) is 13.5 Å². The van der Waals surface area contributed by atoms with Gasteiger partial charge in [-0.1, -0.05) is 41.4 Å². The smallest absolute Gasteiger partial charge is 0.410 e. The Morgan fingerprint density at radius 2 is 1.74 bits per heavy atom. The Bertz CT molecular complexity index is 943. The molecule has 27 heavy (non-hydrogen) atoms. The molecule has 0 radical (unpaired) electrons. The van der Waals surface area contributed by atoms with Gasteiger partial charge in [0.2, 0.25) is 0 Å². The number of ether oxygens (including phenoxy) is 1. The fraction of sp³-hybridized carbons (Fsp3) is 0.0952. The van der Waals surface area contributed by atoms with Crippen LogP contribution in [0.3, 0.4) is 0 Å². The fourth-order valence-electron chi connectivity index (χ4n) is 2.48. The Morgan fingerprint density at radius 1 is 1.07 bits per heavy atom. The zero-order chi connectivity index (χ0) is 19.4. The zero-order valence-corrected chi connectivity index (χ0v) is 15.4. The van der Waals surface area contributed by atoms with Gasteiger partial charge in [0.1, 0.15) is 11.6 Å². The number of nitrogen functional groups attached to an aromatic ring is 1. The van der Waals surface area contributed by atoms with Crippen LogP contribution in [0.15, 0.2) is 66.7 Å². The lowest BCUT2D eigenvalue weighted by atomic mass is 10.1. The van der Waals surface area contributed by atoms with E-state index < -0.39 is 11.9 Å². The summed E-state index contributed by atoms with van der Waals surface area (Å²) >= 11 is 5.90. The van der Waals surface area contributed by atoms with Crippen LogP contribution < -0.4 is 15.4 Å². The van der Waals surface area contributed by atoms with Crippen molar-refractivity contribution in [3.05, 3.63) is 88.7 Å². The molecule has 1 amide bonds. The van der Waals surface area contributed by atoms with E-state index in [-0.39, 0.29) is 11.6 Å². The number of amides is 1. The van der Waals surface area contributed by atoms with E-state index in [0.717, 1.165) is 11.1 Å². The predicted octanol–water partition coefficient (Wildman–Crippen LogP) is 5.58. The van der Waals surface area contributed by atoms with E-state index in [2.05, 4.69) is 0 Å². The molecule has 0 aliphatic carbocycles. The first-order chi connectivity index (χ1) is 12.9. The Labute approximate surface area is 161 Å². The average molecular weight is 385 g/mol. The molecular weight excluding hydrogens is 367 g/mol. The van der Waals surface area contributed by atoms with Crippen LogP contribution in [0.2, 0.25) is 5.02 Å². The van der Waals surface area contributed by atoms with Crippen molar-refractivity contribution in [3.63, 3.8) is 0 Å². The molecule has 0 saturated heterocycles. The first-order valence-corrected chi connectivity index (χ1v) is 8.65. The highest BCUT2D eigenvalue weighted by atomic mass is 35.5. The topological polar surface area (TPSA) is 55.6 Å². The molecule has 0 heterocycles. The highest BCUT2D eigenvalue weighted by Crippen LogP contribution is 2.26. The van der Waals surface area contributed by atoms with Crippen molar-refractivity contribution in [2.24, 2.45) is 0 Å². The van der Waals surface area contributed by atoms with Crippen LogP contribution in [-0.2, 0) is 6.54 Å². The zero-order valence-electron chi connectivity index (χ0n) is 14.7. The highest BCUT2D eigenvalue weighted by molar-refractivity contribution is 6.31. The molecule has 3 aromatic rings. The lowest BCUT2D eigenvalue weighted by molar-refractivity contribution is 0.207. The number of hydrogen-bond acceptors (Lipinski definition) is 3. The second-order valence-corrected chi connectivity index (χ2v) is 6.51. The number of rotatable bonds is 4. The molecule has 0 bridgehead atoms. The predicted molar refractivity (Wildman–Crippen MR) is 106 cm³/mol. The maximum atomic E-state index is 13.5. The van der Waals surface area contributed by atoms with Gasteiger partial charge in [-0.3, -0.25) is 4.90 Å². The van der Waals surface area contributed by atoms with E-state index >= 15 is 0 Å². The molecule has 0 aromatic heterocycles. The van der Waals surface area contributed by atoms with Crippen molar-refractivity contribution in [2.75, 3.05) is 10.6 Å². The number of nitrogens with two attached hydrogens (primary N) is 1. The number of carbonyl (C=O) groups excluding carboxylic acids is 1. The van der Waals surface area contributed by atoms with Gasteiger partial charge in [-0.05, 0) is 55.0 Å². The van der Waals surface area contributed by atoms with Gasteiger partial charge in [0, 0.05) is 11.4 Å². The van der Waals surface area contributed by atoms with E-state index in [1.807, 2.05) is 31.2 Å². The minimum Gasteiger partial charge on any atom is -0.410 e. The summed E-state index contributed by atoms with van der Waals surface area (Å²) in [4.78, 5) is 14.2. The lowest BCUT2D eigenvalue weighted by Gasteiger charge is -2.23. The van der Waals surface area contributed by atoms with Gasteiger partial charge in [-0.15, -0.1) is 0 Å². The molecular formula is C21H18ClFN2O2. The second-order valence-electron chi connectivity index (χ2n) is 6.11. The van der Waals surface area contributed by atoms with E-state index in [9.17, 15) is 9.18 Å². The summed E-state index contributed by atoms with van der Waals surface area (Å²) in [7, 11) is 0. The van der Waals surface area contributed by atoms with Crippen LogP contribution in [0, 0.1) is 12.7 Å². The highest BCUT2D eigenvalue weighted by Gasteiger charge is 2.20. The SMILES string of the molecule is Cc1ccc(CN(C(=O)Oc2ccc(N)cc2)c2ccc(F)c(Cl)c2)cc1. The molecule has 6 heteroatoms.